The van der Waals surface area contributed by atoms with Gasteiger partial charge in [-0.05, 0) is 48.4 Å². The van der Waals surface area contributed by atoms with Gasteiger partial charge in [0.05, 0.1) is 37.4 Å². The number of carbonyl (C=O) groups is 2. The molecule has 3 aromatic rings. The third-order valence-corrected chi connectivity index (χ3v) is 5.39. The molecule has 0 amide bonds. The van der Waals surface area contributed by atoms with Crippen molar-refractivity contribution < 1.29 is 29.3 Å². The molecule has 0 atom stereocenters. The van der Waals surface area contributed by atoms with Crippen LogP contribution in [0, 0.1) is 0 Å². The first-order valence-electron chi connectivity index (χ1n) is 10.9. The van der Waals surface area contributed by atoms with Crippen molar-refractivity contribution in [2.24, 2.45) is 0 Å². The van der Waals surface area contributed by atoms with E-state index >= 15 is 0 Å². The summed E-state index contributed by atoms with van der Waals surface area (Å²) >= 11 is 0. The summed E-state index contributed by atoms with van der Waals surface area (Å²) in [5, 5.41) is 19.4. The van der Waals surface area contributed by atoms with Crippen molar-refractivity contribution in [1.29, 1.82) is 0 Å². The Morgan fingerprint density at radius 2 is 1.85 bits per heavy atom. The second kappa shape index (κ2) is 11.2. The highest BCUT2D eigenvalue weighted by Crippen LogP contribution is 2.27. The van der Waals surface area contributed by atoms with Gasteiger partial charge in [-0.1, -0.05) is 25.5 Å². The summed E-state index contributed by atoms with van der Waals surface area (Å²) in [5.74, 6) is -0.300. The van der Waals surface area contributed by atoms with Crippen LogP contribution in [0.4, 0.5) is 0 Å². The smallest absolute Gasteiger partial charge is 0.340 e. The number of methoxy groups -OCH3 is 2. The molecule has 0 unspecified atom stereocenters. The monoisotopic (exact) mass is 464 g/mol. The number of aryl methyl sites for hydroxylation is 1. The summed E-state index contributed by atoms with van der Waals surface area (Å²) in [5.41, 5.74) is 2.21. The molecule has 0 aliphatic rings. The molecule has 0 bridgehead atoms. The Morgan fingerprint density at radius 1 is 1.12 bits per heavy atom. The summed E-state index contributed by atoms with van der Waals surface area (Å²) in [6.45, 7) is 2.07. The second-order valence-electron chi connectivity index (χ2n) is 7.73. The van der Waals surface area contributed by atoms with E-state index in [2.05, 4.69) is 11.9 Å². The minimum absolute atomic E-state index is 0.109. The number of nitrogens with zero attached hydrogens (tertiary/aromatic N) is 2. The normalized spacial score (nSPS) is 11.3. The molecule has 0 saturated carbocycles. The molecular weight excluding hydrogens is 436 g/mol. The third kappa shape index (κ3) is 5.64. The zero-order valence-electron chi connectivity index (χ0n) is 19.4. The predicted molar refractivity (Wildman–Crippen MR) is 127 cm³/mol. The van der Waals surface area contributed by atoms with Crippen molar-refractivity contribution in [2.75, 3.05) is 14.2 Å². The summed E-state index contributed by atoms with van der Waals surface area (Å²) < 4.78 is 12.1. The number of carboxylic acids is 1. The molecule has 0 saturated heterocycles. The van der Waals surface area contributed by atoms with Crippen LogP contribution in [0.2, 0.25) is 0 Å². The number of benzene rings is 2. The first-order valence-corrected chi connectivity index (χ1v) is 10.9. The highest BCUT2D eigenvalue weighted by molar-refractivity contribution is 5.95. The predicted octanol–water partition coefficient (Wildman–Crippen LogP) is 4.43. The largest absolute Gasteiger partial charge is 0.508 e. The van der Waals surface area contributed by atoms with Gasteiger partial charge in [0.25, 0.3) is 0 Å². The Balaban J connectivity index is 2.16. The number of imidazole rings is 1. The fraction of sp³-hybridized carbons (Fsp3) is 0.269. The molecule has 0 radical (unpaired) electrons. The molecule has 1 heterocycles. The molecule has 8 nitrogen and oxygen atoms in total. The highest BCUT2D eigenvalue weighted by atomic mass is 16.5. The second-order valence-corrected chi connectivity index (χ2v) is 7.73. The van der Waals surface area contributed by atoms with Crippen molar-refractivity contribution in [3.05, 3.63) is 76.9 Å². The van der Waals surface area contributed by atoms with Crippen molar-refractivity contribution in [2.45, 2.75) is 32.6 Å². The third-order valence-electron chi connectivity index (χ3n) is 5.39. The van der Waals surface area contributed by atoms with E-state index < -0.39 is 11.9 Å². The summed E-state index contributed by atoms with van der Waals surface area (Å²) in [7, 11) is 2.81. The maximum atomic E-state index is 12.6. The number of aromatic nitrogens is 2. The fourth-order valence-electron chi connectivity index (χ4n) is 3.61. The van der Waals surface area contributed by atoms with Gasteiger partial charge in [0.2, 0.25) is 0 Å². The van der Waals surface area contributed by atoms with Crippen LogP contribution >= 0.6 is 0 Å². The lowest BCUT2D eigenvalue weighted by molar-refractivity contribution is -0.132. The molecular formula is C26H28N2O6. The van der Waals surface area contributed by atoms with Crippen LogP contribution in [0.3, 0.4) is 0 Å². The van der Waals surface area contributed by atoms with Gasteiger partial charge >= 0.3 is 11.9 Å². The number of ether oxygens (including phenoxy) is 2. The van der Waals surface area contributed by atoms with Crippen molar-refractivity contribution in [3.8, 4) is 17.2 Å². The summed E-state index contributed by atoms with van der Waals surface area (Å²) in [6, 6.07) is 11.4. The zero-order chi connectivity index (χ0) is 24.7. The van der Waals surface area contributed by atoms with E-state index in [1.165, 1.54) is 26.4 Å². The van der Waals surface area contributed by atoms with Gasteiger partial charge < -0.3 is 19.7 Å². The van der Waals surface area contributed by atoms with E-state index in [4.69, 9.17) is 9.47 Å². The SMILES string of the molecule is CCCCc1ncc(C=C(Cc2ccc(O)cc2)C(=O)O)n1-c1ccc(OC)cc1C(=O)OC. The number of hydrogen-bond acceptors (Lipinski definition) is 6. The lowest BCUT2D eigenvalue weighted by Crippen LogP contribution is -2.12. The number of aromatic hydroxyl groups is 1. The molecule has 178 valence electrons. The van der Waals surface area contributed by atoms with Crippen molar-refractivity contribution in [3.63, 3.8) is 0 Å². The van der Waals surface area contributed by atoms with Crippen LogP contribution in [-0.4, -0.2) is 45.9 Å². The average molecular weight is 465 g/mol. The average Bonchev–Trinajstić information content (AvgIpc) is 3.24. The summed E-state index contributed by atoms with van der Waals surface area (Å²) in [6.07, 6.45) is 5.79. The van der Waals surface area contributed by atoms with E-state index in [9.17, 15) is 19.8 Å². The molecule has 0 aliphatic carbocycles. The van der Waals surface area contributed by atoms with Crippen molar-refractivity contribution in [1.82, 2.24) is 9.55 Å². The topological polar surface area (TPSA) is 111 Å². The lowest BCUT2D eigenvalue weighted by Gasteiger charge is -2.16. The van der Waals surface area contributed by atoms with Gasteiger partial charge in [0.15, 0.2) is 0 Å². The number of rotatable bonds is 10. The highest BCUT2D eigenvalue weighted by Gasteiger charge is 2.20. The van der Waals surface area contributed by atoms with Crippen LogP contribution in [0.1, 0.15) is 47.2 Å². The molecule has 34 heavy (non-hydrogen) atoms. The number of hydrogen-bond donors (Lipinski definition) is 2. The Bertz CT molecular complexity index is 1190. The number of carboxylic acid groups (broad SMARTS) is 1. The molecule has 0 fully saturated rings. The number of esters is 1. The molecule has 1 aromatic heterocycles. The van der Waals surface area contributed by atoms with E-state index in [1.54, 1.807) is 47.2 Å². The van der Waals surface area contributed by atoms with Crippen LogP contribution in [0.25, 0.3) is 11.8 Å². The van der Waals surface area contributed by atoms with Crippen LogP contribution in [0.5, 0.6) is 11.5 Å². The van der Waals surface area contributed by atoms with E-state index in [0.29, 0.717) is 29.4 Å². The van der Waals surface area contributed by atoms with Gasteiger partial charge in [0.1, 0.15) is 17.3 Å². The minimum Gasteiger partial charge on any atom is -0.508 e. The van der Waals surface area contributed by atoms with Crippen LogP contribution in [0.15, 0.2) is 54.2 Å². The van der Waals surface area contributed by atoms with Gasteiger partial charge in [0, 0.05) is 18.4 Å². The zero-order valence-corrected chi connectivity index (χ0v) is 19.4. The van der Waals surface area contributed by atoms with Gasteiger partial charge in [-0.15, -0.1) is 0 Å². The molecule has 8 heteroatoms. The van der Waals surface area contributed by atoms with Gasteiger partial charge in [-0.3, -0.25) is 4.57 Å². The van der Waals surface area contributed by atoms with Crippen molar-refractivity contribution >= 4 is 18.0 Å². The maximum Gasteiger partial charge on any atom is 0.340 e. The number of unbranched alkanes of at least 4 members (excludes halogenated alkanes) is 1. The fourth-order valence-corrected chi connectivity index (χ4v) is 3.61. The van der Waals surface area contributed by atoms with Gasteiger partial charge in [-0.2, -0.15) is 0 Å². The molecule has 2 N–H and O–H groups in total. The van der Waals surface area contributed by atoms with E-state index in [0.717, 1.165) is 18.4 Å². The number of carbonyl (C=O) groups excluding carboxylic acids is 1. The number of phenolic OH excluding ortho intramolecular Hbond substituents is 1. The molecule has 0 aliphatic heterocycles. The quantitative estimate of drug-likeness (QED) is 0.337. The standard InChI is InChI=1S/C26H28N2O6/c1-4-5-6-24-27-16-19(14-18(25(30)31)13-17-7-9-20(29)10-8-17)28(24)23-12-11-21(33-2)15-22(23)26(32)34-3/h7-12,14-16,29H,4-6,13H2,1-3H3,(H,30,31). The number of aliphatic carboxylic acids is 1. The number of phenols is 1. The van der Waals surface area contributed by atoms with E-state index in [-0.39, 0.29) is 23.3 Å². The van der Waals surface area contributed by atoms with Crippen LogP contribution < -0.4 is 4.74 Å². The Kier molecular flexibility index (Phi) is 8.08. The molecule has 2 aromatic carbocycles. The first kappa shape index (κ1) is 24.6. The van der Waals surface area contributed by atoms with Gasteiger partial charge in [-0.25, -0.2) is 14.6 Å². The Hall–Kier alpha value is -4.07. The first-order chi connectivity index (χ1) is 16.4. The van der Waals surface area contributed by atoms with E-state index in [1.807, 2.05) is 0 Å². The molecule has 3 rings (SSSR count). The minimum atomic E-state index is -1.07. The van der Waals surface area contributed by atoms with Crippen LogP contribution in [-0.2, 0) is 22.4 Å². The maximum absolute atomic E-state index is 12.6. The summed E-state index contributed by atoms with van der Waals surface area (Å²) in [4.78, 5) is 29.2. The Labute approximate surface area is 198 Å². The molecule has 0 spiro atoms. The lowest BCUT2D eigenvalue weighted by atomic mass is 10.0. The Morgan fingerprint density at radius 3 is 2.47 bits per heavy atom.